The van der Waals surface area contributed by atoms with Crippen LogP contribution in [0.25, 0.3) is 0 Å². The Morgan fingerprint density at radius 1 is 1.36 bits per heavy atom. The first kappa shape index (κ1) is 14.6. The summed E-state index contributed by atoms with van der Waals surface area (Å²) in [5, 5.41) is 0. The average Bonchev–Trinajstić information content (AvgIpc) is 1.87. The van der Waals surface area contributed by atoms with Gasteiger partial charge in [0, 0.05) is 0 Å². The predicted octanol–water partition coefficient (Wildman–Crippen LogP) is -1.62. The Bertz CT molecular complexity index is 99.8. The van der Waals surface area contributed by atoms with Crippen molar-refractivity contribution in [3.8, 4) is 0 Å². The van der Waals surface area contributed by atoms with Gasteiger partial charge >= 0.3 is 29.6 Å². The Morgan fingerprint density at radius 3 is 2.45 bits per heavy atom. The van der Waals surface area contributed by atoms with E-state index >= 15 is 0 Å². The summed E-state index contributed by atoms with van der Waals surface area (Å²) in [5.41, 5.74) is 0. The van der Waals surface area contributed by atoms with Crippen molar-refractivity contribution in [3.05, 3.63) is 0 Å². The van der Waals surface area contributed by atoms with Crippen molar-refractivity contribution in [3.63, 3.8) is 0 Å². The van der Waals surface area contributed by atoms with E-state index in [-0.39, 0.29) is 29.6 Å². The number of unbranched alkanes of at least 4 members (excludes halogenated alkanes) is 3. The molecule has 0 amide bonds. The summed E-state index contributed by atoms with van der Waals surface area (Å²) < 4.78 is 23.9. The van der Waals surface area contributed by atoms with E-state index in [2.05, 4.69) is 11.1 Å². The number of rotatable bonds is 6. The molecule has 0 rings (SSSR count). The standard InChI is InChI=1S/C6H14O3S.Na/c1-2-3-4-5-6-9-10(7)8;/h2-6H2,1H3,(H,7,8);/q;+1/p-1. The summed E-state index contributed by atoms with van der Waals surface area (Å²) in [6.07, 6.45) is 4.19. The van der Waals surface area contributed by atoms with Gasteiger partial charge in [0.25, 0.3) is 0 Å². The molecule has 0 saturated carbocycles. The maximum atomic E-state index is 9.81. The molecule has 0 aromatic heterocycles. The molecule has 1 unspecified atom stereocenters. The van der Waals surface area contributed by atoms with Crippen LogP contribution >= 0.6 is 0 Å². The Kier molecular flexibility index (Phi) is 14.7. The minimum atomic E-state index is -2.32. The van der Waals surface area contributed by atoms with Gasteiger partial charge in [-0.2, -0.15) is 0 Å². The molecule has 0 saturated heterocycles. The molecule has 0 radical (unpaired) electrons. The van der Waals surface area contributed by atoms with Crippen LogP contribution in [0.4, 0.5) is 0 Å². The van der Waals surface area contributed by atoms with E-state index in [1.807, 2.05) is 0 Å². The zero-order chi connectivity index (χ0) is 7.82. The maximum absolute atomic E-state index is 9.81. The molecule has 0 aromatic rings. The molecule has 62 valence electrons. The van der Waals surface area contributed by atoms with E-state index in [1.54, 1.807) is 0 Å². The molecule has 0 aliphatic rings. The first-order chi connectivity index (χ1) is 4.77. The van der Waals surface area contributed by atoms with Gasteiger partial charge in [0.1, 0.15) is 0 Å². The zero-order valence-corrected chi connectivity index (χ0v) is 9.99. The number of hydrogen-bond acceptors (Lipinski definition) is 3. The molecule has 11 heavy (non-hydrogen) atoms. The van der Waals surface area contributed by atoms with E-state index in [1.165, 1.54) is 0 Å². The van der Waals surface area contributed by atoms with Crippen LogP contribution < -0.4 is 29.6 Å². The van der Waals surface area contributed by atoms with E-state index in [4.69, 9.17) is 0 Å². The van der Waals surface area contributed by atoms with Gasteiger partial charge in [-0.1, -0.05) is 26.2 Å². The SMILES string of the molecule is CCCCCCOS(=O)[O-].[Na+]. The Labute approximate surface area is 92.7 Å². The van der Waals surface area contributed by atoms with Crippen LogP contribution in [0.3, 0.4) is 0 Å². The van der Waals surface area contributed by atoms with Gasteiger partial charge in [-0.25, -0.2) is 4.21 Å². The molecule has 0 aliphatic heterocycles. The summed E-state index contributed by atoms with van der Waals surface area (Å²) in [6, 6.07) is 0. The first-order valence-corrected chi connectivity index (χ1v) is 4.50. The minimum absolute atomic E-state index is 0. The van der Waals surface area contributed by atoms with Crippen LogP contribution in [-0.4, -0.2) is 15.4 Å². The van der Waals surface area contributed by atoms with Crippen LogP contribution in [0.15, 0.2) is 0 Å². The third-order valence-electron chi connectivity index (χ3n) is 1.18. The largest absolute Gasteiger partial charge is 1.00 e. The van der Waals surface area contributed by atoms with Gasteiger partial charge < -0.3 is 8.74 Å². The Morgan fingerprint density at radius 2 is 2.00 bits per heavy atom. The predicted molar refractivity (Wildman–Crippen MR) is 39.0 cm³/mol. The summed E-state index contributed by atoms with van der Waals surface area (Å²) >= 11 is -2.32. The normalized spacial score (nSPS) is 12.2. The van der Waals surface area contributed by atoms with Gasteiger partial charge in [-0.05, 0) is 6.42 Å². The van der Waals surface area contributed by atoms with Crippen molar-refractivity contribution < 1.29 is 42.5 Å². The second-order valence-electron chi connectivity index (χ2n) is 2.09. The van der Waals surface area contributed by atoms with Crippen molar-refractivity contribution in [2.45, 2.75) is 32.6 Å². The van der Waals surface area contributed by atoms with Crippen molar-refractivity contribution >= 4 is 11.4 Å². The second-order valence-corrected chi connectivity index (χ2v) is 2.73. The molecular weight excluding hydrogens is 175 g/mol. The molecule has 5 heteroatoms. The molecule has 0 heterocycles. The molecule has 0 bridgehead atoms. The second kappa shape index (κ2) is 11.1. The van der Waals surface area contributed by atoms with E-state index in [9.17, 15) is 8.76 Å². The van der Waals surface area contributed by atoms with Crippen molar-refractivity contribution in [1.82, 2.24) is 0 Å². The minimum Gasteiger partial charge on any atom is -0.750 e. The van der Waals surface area contributed by atoms with Crippen molar-refractivity contribution in [2.75, 3.05) is 6.61 Å². The van der Waals surface area contributed by atoms with Crippen LogP contribution in [-0.2, 0) is 15.5 Å². The van der Waals surface area contributed by atoms with Crippen molar-refractivity contribution in [1.29, 1.82) is 0 Å². The van der Waals surface area contributed by atoms with Gasteiger partial charge in [-0.3, -0.25) is 0 Å². The Hall–Kier alpha value is 1.07. The van der Waals surface area contributed by atoms with E-state index in [0.29, 0.717) is 6.61 Å². The van der Waals surface area contributed by atoms with Crippen LogP contribution in [0.5, 0.6) is 0 Å². The quantitative estimate of drug-likeness (QED) is 0.286. The molecule has 3 nitrogen and oxygen atoms in total. The van der Waals surface area contributed by atoms with E-state index < -0.39 is 11.4 Å². The first-order valence-electron chi connectivity index (χ1n) is 3.50. The summed E-state index contributed by atoms with van der Waals surface area (Å²) in [4.78, 5) is 0. The smallest absolute Gasteiger partial charge is 0.750 e. The molecule has 0 N–H and O–H groups in total. The van der Waals surface area contributed by atoms with Gasteiger partial charge in [0.15, 0.2) is 0 Å². The summed E-state index contributed by atoms with van der Waals surface area (Å²) in [5.74, 6) is 0. The molecule has 0 fully saturated rings. The number of hydrogen-bond donors (Lipinski definition) is 0. The average molecular weight is 188 g/mol. The fourth-order valence-electron chi connectivity index (χ4n) is 0.656. The van der Waals surface area contributed by atoms with Crippen LogP contribution in [0, 0.1) is 0 Å². The van der Waals surface area contributed by atoms with Crippen molar-refractivity contribution in [2.24, 2.45) is 0 Å². The fraction of sp³-hybridized carbons (Fsp3) is 1.00. The third-order valence-corrected chi connectivity index (χ3v) is 1.54. The van der Waals surface area contributed by atoms with Crippen LogP contribution in [0.1, 0.15) is 32.6 Å². The maximum Gasteiger partial charge on any atom is 1.00 e. The van der Waals surface area contributed by atoms with Gasteiger partial charge in [0.05, 0.1) is 18.0 Å². The molecule has 1 atom stereocenters. The van der Waals surface area contributed by atoms with Gasteiger partial charge in [-0.15, -0.1) is 0 Å². The van der Waals surface area contributed by atoms with Gasteiger partial charge in [0.2, 0.25) is 0 Å². The molecular formula is C6H13NaO3S. The fourth-order valence-corrected chi connectivity index (χ4v) is 0.910. The molecule has 0 aromatic carbocycles. The summed E-state index contributed by atoms with van der Waals surface area (Å²) in [6.45, 7) is 2.43. The Balaban J connectivity index is 0. The topological polar surface area (TPSA) is 49.4 Å². The third kappa shape index (κ3) is 14.0. The van der Waals surface area contributed by atoms with Crippen LogP contribution in [0.2, 0.25) is 0 Å². The van der Waals surface area contributed by atoms with E-state index in [0.717, 1.165) is 25.7 Å². The molecule has 0 spiro atoms. The molecule has 0 aliphatic carbocycles. The zero-order valence-electron chi connectivity index (χ0n) is 7.17. The monoisotopic (exact) mass is 188 g/mol. The summed E-state index contributed by atoms with van der Waals surface area (Å²) in [7, 11) is 0.